The first kappa shape index (κ1) is 23.2. The first-order valence-corrected chi connectivity index (χ1v) is 12.2. The fraction of sp³-hybridized carbons (Fsp3) is 0.214. The van der Waals surface area contributed by atoms with Crippen LogP contribution in [0.25, 0.3) is 22.1 Å². The van der Waals surface area contributed by atoms with Gasteiger partial charge in [0.05, 0.1) is 29.7 Å². The van der Waals surface area contributed by atoms with E-state index < -0.39 is 5.97 Å². The Labute approximate surface area is 210 Å². The lowest BCUT2D eigenvalue weighted by Gasteiger charge is -2.13. The predicted octanol–water partition coefficient (Wildman–Crippen LogP) is 6.47. The summed E-state index contributed by atoms with van der Waals surface area (Å²) in [6.45, 7) is 4.84. The molecule has 2 heterocycles. The van der Waals surface area contributed by atoms with Gasteiger partial charge in [0.2, 0.25) is 5.43 Å². The van der Waals surface area contributed by atoms with Gasteiger partial charge in [-0.25, -0.2) is 4.79 Å². The topological polar surface area (TPSA) is 75.0 Å². The Morgan fingerprint density at radius 1 is 1.03 bits per heavy atom. The van der Waals surface area contributed by atoms with Gasteiger partial charge in [0.1, 0.15) is 17.1 Å². The maximum atomic E-state index is 13.6. The van der Waals surface area contributed by atoms with Crippen LogP contribution in [0, 0.1) is 6.92 Å². The summed E-state index contributed by atoms with van der Waals surface area (Å²) in [6.07, 6.45) is 1.37. The Balaban J connectivity index is 1.58. The third-order valence-electron chi connectivity index (χ3n) is 5.96. The van der Waals surface area contributed by atoms with Gasteiger partial charge < -0.3 is 18.6 Å². The fourth-order valence-corrected chi connectivity index (χ4v) is 4.63. The van der Waals surface area contributed by atoms with Gasteiger partial charge in [0, 0.05) is 17.0 Å². The van der Waals surface area contributed by atoms with Crippen LogP contribution in [-0.4, -0.2) is 19.2 Å². The van der Waals surface area contributed by atoms with E-state index in [2.05, 4.69) is 15.9 Å². The summed E-state index contributed by atoms with van der Waals surface area (Å²) < 4.78 is 24.0. The molecule has 0 saturated heterocycles. The van der Waals surface area contributed by atoms with Gasteiger partial charge in [0.15, 0.2) is 11.5 Å². The van der Waals surface area contributed by atoms with Crippen molar-refractivity contribution in [3.63, 3.8) is 0 Å². The first-order valence-electron chi connectivity index (χ1n) is 11.4. The van der Waals surface area contributed by atoms with Crippen LogP contribution >= 0.6 is 15.9 Å². The molecule has 0 radical (unpaired) electrons. The van der Waals surface area contributed by atoms with Crippen LogP contribution in [0.3, 0.4) is 0 Å². The molecule has 7 heteroatoms. The van der Waals surface area contributed by atoms with Crippen LogP contribution in [0.15, 0.2) is 68.3 Å². The lowest BCUT2D eigenvalue weighted by molar-refractivity contribution is 0.0732. The Morgan fingerprint density at radius 3 is 2.57 bits per heavy atom. The molecule has 0 N–H and O–H groups in total. The molecule has 0 bridgehead atoms. The molecule has 0 amide bonds. The van der Waals surface area contributed by atoms with Crippen molar-refractivity contribution in [2.24, 2.45) is 0 Å². The molecular formula is C28H23BrO6. The molecule has 6 nitrogen and oxygen atoms in total. The number of rotatable bonds is 4. The normalized spacial score (nSPS) is 12.9. The number of hydrogen-bond donors (Lipinski definition) is 0. The second kappa shape index (κ2) is 9.58. The molecule has 5 rings (SSSR count). The maximum absolute atomic E-state index is 13.6. The summed E-state index contributed by atoms with van der Waals surface area (Å²) in [6, 6.07) is 15.9. The standard InChI is InChI=1S/C28H23BrO6/c1-3-17-13-20-24(15-23(17)35-28(31)19-7-4-5-8-21(19)29)34-16(2)26(27(20)30)18-9-10-22-25(14-18)33-12-6-11-32-22/h4-5,7-10,13-15H,3,6,11-12H2,1-2H3. The van der Waals surface area contributed by atoms with Gasteiger partial charge in [0.25, 0.3) is 0 Å². The highest BCUT2D eigenvalue weighted by Gasteiger charge is 2.20. The number of ether oxygens (including phenoxy) is 3. The largest absolute Gasteiger partial charge is 0.490 e. The van der Waals surface area contributed by atoms with Crippen LogP contribution in [0.2, 0.25) is 0 Å². The molecule has 0 unspecified atom stereocenters. The summed E-state index contributed by atoms with van der Waals surface area (Å²) in [5, 5.41) is 0.426. The number of halogens is 1. The molecule has 3 aromatic carbocycles. The molecular weight excluding hydrogens is 512 g/mol. The summed E-state index contributed by atoms with van der Waals surface area (Å²) in [5.41, 5.74) is 2.52. The molecule has 178 valence electrons. The van der Waals surface area contributed by atoms with Gasteiger partial charge >= 0.3 is 5.97 Å². The van der Waals surface area contributed by atoms with E-state index in [0.717, 1.165) is 12.0 Å². The van der Waals surface area contributed by atoms with Crippen LogP contribution in [0.5, 0.6) is 17.2 Å². The number of carbonyl (C=O) groups excluding carboxylic acids is 1. The van der Waals surface area contributed by atoms with Crippen molar-refractivity contribution < 1.29 is 23.4 Å². The van der Waals surface area contributed by atoms with Crippen molar-refractivity contribution in [2.75, 3.05) is 13.2 Å². The van der Waals surface area contributed by atoms with E-state index in [9.17, 15) is 9.59 Å². The zero-order valence-electron chi connectivity index (χ0n) is 19.4. The predicted molar refractivity (Wildman–Crippen MR) is 137 cm³/mol. The second-order valence-electron chi connectivity index (χ2n) is 8.25. The lowest BCUT2D eigenvalue weighted by Crippen LogP contribution is -2.12. The smallest absolute Gasteiger partial charge is 0.344 e. The van der Waals surface area contributed by atoms with E-state index in [4.69, 9.17) is 18.6 Å². The van der Waals surface area contributed by atoms with Gasteiger partial charge in [-0.1, -0.05) is 25.1 Å². The molecule has 1 aliphatic heterocycles. The molecule has 1 aliphatic rings. The van der Waals surface area contributed by atoms with Gasteiger partial charge in [-0.3, -0.25) is 4.79 Å². The van der Waals surface area contributed by atoms with Crippen LogP contribution in [0.4, 0.5) is 0 Å². The maximum Gasteiger partial charge on any atom is 0.344 e. The number of benzene rings is 3. The van der Waals surface area contributed by atoms with E-state index in [0.29, 0.717) is 74.8 Å². The van der Waals surface area contributed by atoms with E-state index in [1.54, 1.807) is 37.3 Å². The summed E-state index contributed by atoms with van der Waals surface area (Å²) in [4.78, 5) is 26.4. The van der Waals surface area contributed by atoms with Crippen molar-refractivity contribution in [3.8, 4) is 28.4 Å². The zero-order valence-corrected chi connectivity index (χ0v) is 20.9. The van der Waals surface area contributed by atoms with Crippen molar-refractivity contribution >= 4 is 32.9 Å². The number of aryl methyl sites for hydroxylation is 2. The summed E-state index contributed by atoms with van der Waals surface area (Å²) >= 11 is 3.38. The van der Waals surface area contributed by atoms with Crippen molar-refractivity contribution in [1.82, 2.24) is 0 Å². The second-order valence-corrected chi connectivity index (χ2v) is 9.11. The number of carbonyl (C=O) groups is 1. The zero-order chi connectivity index (χ0) is 24.5. The summed E-state index contributed by atoms with van der Waals surface area (Å²) in [5.74, 6) is 1.62. The van der Waals surface area contributed by atoms with E-state index in [1.807, 2.05) is 31.2 Å². The molecule has 1 aromatic heterocycles. The monoisotopic (exact) mass is 534 g/mol. The molecule has 35 heavy (non-hydrogen) atoms. The summed E-state index contributed by atoms with van der Waals surface area (Å²) in [7, 11) is 0. The quantitative estimate of drug-likeness (QED) is 0.220. The Bertz CT molecular complexity index is 1500. The van der Waals surface area contributed by atoms with Crippen LogP contribution in [0.1, 0.15) is 35.0 Å². The average Bonchev–Trinajstić information content (AvgIpc) is 3.09. The van der Waals surface area contributed by atoms with E-state index in [1.165, 1.54) is 0 Å². The fourth-order valence-electron chi connectivity index (χ4n) is 4.18. The van der Waals surface area contributed by atoms with Gasteiger partial charge in [-0.2, -0.15) is 0 Å². The third-order valence-corrected chi connectivity index (χ3v) is 6.65. The Kier molecular flexibility index (Phi) is 6.34. The van der Waals surface area contributed by atoms with Crippen molar-refractivity contribution in [2.45, 2.75) is 26.7 Å². The van der Waals surface area contributed by atoms with Crippen molar-refractivity contribution in [3.05, 3.63) is 86.2 Å². The molecule has 0 atom stereocenters. The first-order chi connectivity index (χ1) is 17.0. The lowest BCUT2D eigenvalue weighted by atomic mass is 10.0. The average molecular weight is 535 g/mol. The van der Waals surface area contributed by atoms with E-state index in [-0.39, 0.29) is 5.43 Å². The third kappa shape index (κ3) is 4.44. The number of esters is 1. The highest BCUT2D eigenvalue weighted by Crippen LogP contribution is 2.36. The number of fused-ring (bicyclic) bond motifs is 2. The van der Waals surface area contributed by atoms with Crippen LogP contribution in [-0.2, 0) is 6.42 Å². The Hall–Kier alpha value is -3.58. The molecule has 0 aliphatic carbocycles. The minimum Gasteiger partial charge on any atom is -0.490 e. The Morgan fingerprint density at radius 2 is 1.80 bits per heavy atom. The van der Waals surface area contributed by atoms with Gasteiger partial charge in [-0.05, 0) is 70.7 Å². The highest BCUT2D eigenvalue weighted by molar-refractivity contribution is 9.10. The minimum atomic E-state index is -0.491. The molecule has 0 saturated carbocycles. The molecule has 0 spiro atoms. The van der Waals surface area contributed by atoms with E-state index >= 15 is 0 Å². The minimum absolute atomic E-state index is 0.156. The molecule has 4 aromatic rings. The van der Waals surface area contributed by atoms with Gasteiger partial charge in [-0.15, -0.1) is 0 Å². The SMILES string of the molecule is CCc1cc2c(=O)c(-c3ccc4c(c3)OCCCO4)c(C)oc2cc1OC(=O)c1ccccc1Br. The molecule has 0 fully saturated rings. The highest BCUT2D eigenvalue weighted by atomic mass is 79.9. The number of hydrogen-bond acceptors (Lipinski definition) is 6. The van der Waals surface area contributed by atoms with Crippen molar-refractivity contribution in [1.29, 1.82) is 0 Å². The van der Waals surface area contributed by atoms with Crippen LogP contribution < -0.4 is 19.6 Å².